The van der Waals surface area contributed by atoms with Crippen molar-refractivity contribution in [2.45, 2.75) is 6.92 Å². The summed E-state index contributed by atoms with van der Waals surface area (Å²) in [5.41, 5.74) is 0.836. The first-order valence-electron chi connectivity index (χ1n) is 6.99. The molecular formula is C15H19N3O3. The van der Waals surface area contributed by atoms with Gasteiger partial charge in [0.15, 0.2) is 0 Å². The predicted octanol–water partition coefficient (Wildman–Crippen LogP) is 0.957. The Morgan fingerprint density at radius 3 is 2.67 bits per heavy atom. The van der Waals surface area contributed by atoms with Gasteiger partial charge in [0.2, 0.25) is 0 Å². The highest BCUT2D eigenvalue weighted by Crippen LogP contribution is 2.13. The first-order chi connectivity index (χ1) is 10.1. The van der Waals surface area contributed by atoms with Gasteiger partial charge in [-0.25, -0.2) is 4.79 Å². The van der Waals surface area contributed by atoms with E-state index in [1.807, 2.05) is 0 Å². The number of carboxylic acids is 1. The van der Waals surface area contributed by atoms with Crippen molar-refractivity contribution >= 4 is 18.0 Å². The minimum atomic E-state index is -1.05. The molecule has 1 amide bonds. The number of hydrogen-bond acceptors (Lipinski definition) is 4. The summed E-state index contributed by atoms with van der Waals surface area (Å²) in [6.45, 7) is 6.14. The molecule has 0 aliphatic carbocycles. The van der Waals surface area contributed by atoms with Gasteiger partial charge < -0.3 is 14.9 Å². The summed E-state index contributed by atoms with van der Waals surface area (Å²) in [6, 6.07) is 3.38. The van der Waals surface area contributed by atoms with E-state index in [0.717, 1.165) is 25.7 Å². The molecule has 1 N–H and O–H groups in total. The standard InChI is InChI=1S/C15H19N3O3/c1-2-17-8-10-18(11-9-17)15(21)14-12(4-3-7-16-14)5-6-13(19)20/h3-7H,2,8-11H2,1H3,(H,19,20)/b6-5+. The van der Waals surface area contributed by atoms with Gasteiger partial charge in [-0.3, -0.25) is 9.78 Å². The summed E-state index contributed by atoms with van der Waals surface area (Å²) in [7, 11) is 0. The Bertz CT molecular complexity index is 549. The summed E-state index contributed by atoms with van der Waals surface area (Å²) >= 11 is 0. The number of carboxylic acid groups (broad SMARTS) is 1. The number of piperazine rings is 1. The number of hydrogen-bond donors (Lipinski definition) is 1. The summed E-state index contributed by atoms with van der Waals surface area (Å²) in [5, 5.41) is 8.70. The van der Waals surface area contributed by atoms with Crippen LogP contribution in [0.15, 0.2) is 24.4 Å². The fourth-order valence-corrected chi connectivity index (χ4v) is 2.31. The van der Waals surface area contributed by atoms with Crippen LogP contribution >= 0.6 is 0 Å². The molecule has 0 atom stereocenters. The average Bonchev–Trinajstić information content (AvgIpc) is 2.52. The van der Waals surface area contributed by atoms with Crippen LogP contribution in [0.4, 0.5) is 0 Å². The number of carbonyl (C=O) groups is 2. The van der Waals surface area contributed by atoms with Gasteiger partial charge in [-0.15, -0.1) is 0 Å². The molecule has 1 aromatic heterocycles. The average molecular weight is 289 g/mol. The minimum absolute atomic E-state index is 0.142. The molecule has 0 radical (unpaired) electrons. The largest absolute Gasteiger partial charge is 0.478 e. The van der Waals surface area contributed by atoms with Crippen LogP contribution in [-0.4, -0.2) is 64.5 Å². The Morgan fingerprint density at radius 1 is 1.33 bits per heavy atom. The van der Waals surface area contributed by atoms with E-state index < -0.39 is 5.97 Å². The molecule has 1 aliphatic rings. The van der Waals surface area contributed by atoms with Gasteiger partial charge in [-0.2, -0.15) is 0 Å². The Balaban J connectivity index is 2.14. The van der Waals surface area contributed by atoms with Crippen LogP contribution in [0.2, 0.25) is 0 Å². The molecule has 1 aliphatic heterocycles. The lowest BCUT2D eigenvalue weighted by molar-refractivity contribution is -0.131. The number of pyridine rings is 1. The molecule has 112 valence electrons. The van der Waals surface area contributed by atoms with Crippen molar-refractivity contribution in [1.82, 2.24) is 14.8 Å². The number of nitrogens with zero attached hydrogens (tertiary/aromatic N) is 3. The monoisotopic (exact) mass is 289 g/mol. The van der Waals surface area contributed by atoms with Crippen LogP contribution in [0.25, 0.3) is 6.08 Å². The third kappa shape index (κ3) is 3.88. The molecule has 1 saturated heterocycles. The normalized spacial score (nSPS) is 16.3. The zero-order chi connectivity index (χ0) is 15.2. The molecule has 1 fully saturated rings. The second-order valence-electron chi connectivity index (χ2n) is 4.84. The molecule has 1 aromatic rings. The first-order valence-corrected chi connectivity index (χ1v) is 6.99. The third-order valence-corrected chi connectivity index (χ3v) is 3.55. The van der Waals surface area contributed by atoms with Crippen LogP contribution in [-0.2, 0) is 4.79 Å². The van der Waals surface area contributed by atoms with Crippen molar-refractivity contribution in [3.63, 3.8) is 0 Å². The molecule has 0 saturated carbocycles. The highest BCUT2D eigenvalue weighted by molar-refractivity contribution is 5.97. The number of carbonyl (C=O) groups excluding carboxylic acids is 1. The maximum atomic E-state index is 12.5. The van der Waals surface area contributed by atoms with E-state index in [0.29, 0.717) is 24.3 Å². The molecule has 6 nitrogen and oxygen atoms in total. The Kier molecular flexibility index (Phi) is 5.05. The lowest BCUT2D eigenvalue weighted by Crippen LogP contribution is -2.48. The van der Waals surface area contributed by atoms with Gasteiger partial charge in [-0.1, -0.05) is 13.0 Å². The van der Waals surface area contributed by atoms with Crippen LogP contribution < -0.4 is 0 Å². The second-order valence-corrected chi connectivity index (χ2v) is 4.84. The van der Waals surface area contributed by atoms with Gasteiger partial charge in [0.05, 0.1) is 0 Å². The molecule has 0 aromatic carbocycles. The molecule has 6 heteroatoms. The zero-order valence-corrected chi connectivity index (χ0v) is 12.0. The van der Waals surface area contributed by atoms with Gasteiger partial charge in [0, 0.05) is 44.0 Å². The molecule has 0 bridgehead atoms. The van der Waals surface area contributed by atoms with E-state index in [1.54, 1.807) is 23.2 Å². The van der Waals surface area contributed by atoms with E-state index >= 15 is 0 Å². The predicted molar refractivity (Wildman–Crippen MR) is 78.9 cm³/mol. The fourth-order valence-electron chi connectivity index (χ4n) is 2.31. The number of aliphatic carboxylic acids is 1. The molecule has 21 heavy (non-hydrogen) atoms. The van der Waals surface area contributed by atoms with Crippen LogP contribution in [0.1, 0.15) is 23.0 Å². The molecular weight excluding hydrogens is 270 g/mol. The number of rotatable bonds is 4. The number of amides is 1. The smallest absolute Gasteiger partial charge is 0.328 e. The van der Waals surface area contributed by atoms with Crippen molar-refractivity contribution in [2.24, 2.45) is 0 Å². The topological polar surface area (TPSA) is 73.7 Å². The van der Waals surface area contributed by atoms with Gasteiger partial charge >= 0.3 is 5.97 Å². The fraction of sp³-hybridized carbons (Fsp3) is 0.400. The highest BCUT2D eigenvalue weighted by Gasteiger charge is 2.23. The van der Waals surface area contributed by atoms with E-state index in [2.05, 4.69) is 16.8 Å². The van der Waals surface area contributed by atoms with E-state index in [9.17, 15) is 9.59 Å². The molecule has 2 rings (SSSR count). The van der Waals surface area contributed by atoms with Crippen LogP contribution in [0.5, 0.6) is 0 Å². The van der Waals surface area contributed by atoms with Crippen LogP contribution in [0, 0.1) is 0 Å². The summed E-state index contributed by atoms with van der Waals surface area (Å²) in [6.07, 6.45) is 3.97. The van der Waals surface area contributed by atoms with E-state index in [1.165, 1.54) is 6.08 Å². The van der Waals surface area contributed by atoms with E-state index in [4.69, 9.17) is 5.11 Å². The molecule has 2 heterocycles. The van der Waals surface area contributed by atoms with Crippen molar-refractivity contribution < 1.29 is 14.7 Å². The first kappa shape index (κ1) is 15.2. The number of aromatic nitrogens is 1. The van der Waals surface area contributed by atoms with Gasteiger partial charge in [-0.05, 0) is 18.7 Å². The third-order valence-electron chi connectivity index (χ3n) is 3.55. The summed E-state index contributed by atoms with van der Waals surface area (Å²) < 4.78 is 0. The quantitative estimate of drug-likeness (QED) is 0.836. The van der Waals surface area contributed by atoms with Crippen molar-refractivity contribution in [3.8, 4) is 0 Å². The lowest BCUT2D eigenvalue weighted by Gasteiger charge is -2.34. The van der Waals surface area contributed by atoms with Crippen LogP contribution in [0.3, 0.4) is 0 Å². The Hall–Kier alpha value is -2.21. The van der Waals surface area contributed by atoms with Crippen molar-refractivity contribution in [2.75, 3.05) is 32.7 Å². The molecule has 0 unspecified atom stereocenters. The maximum absolute atomic E-state index is 12.5. The van der Waals surface area contributed by atoms with Crippen molar-refractivity contribution in [1.29, 1.82) is 0 Å². The summed E-state index contributed by atoms with van der Waals surface area (Å²) in [4.78, 5) is 31.3. The van der Waals surface area contributed by atoms with Gasteiger partial charge in [0.1, 0.15) is 5.69 Å². The minimum Gasteiger partial charge on any atom is -0.478 e. The maximum Gasteiger partial charge on any atom is 0.328 e. The highest BCUT2D eigenvalue weighted by atomic mass is 16.4. The second kappa shape index (κ2) is 6.99. The number of likely N-dealkylation sites (N-methyl/N-ethyl adjacent to an activating group) is 1. The zero-order valence-electron chi connectivity index (χ0n) is 12.0. The van der Waals surface area contributed by atoms with E-state index in [-0.39, 0.29) is 5.91 Å². The van der Waals surface area contributed by atoms with Crippen molar-refractivity contribution in [3.05, 3.63) is 35.7 Å². The summed E-state index contributed by atoms with van der Waals surface area (Å²) in [5.74, 6) is -1.19. The van der Waals surface area contributed by atoms with Gasteiger partial charge in [0.25, 0.3) is 5.91 Å². The lowest BCUT2D eigenvalue weighted by atomic mass is 10.1. The molecule has 0 spiro atoms. The Labute approximate surface area is 123 Å². The Morgan fingerprint density at radius 2 is 2.05 bits per heavy atom. The SMILES string of the molecule is CCN1CCN(C(=O)c2ncccc2/C=C/C(=O)O)CC1.